The van der Waals surface area contributed by atoms with E-state index in [1.165, 1.54) is 24.1 Å². The van der Waals surface area contributed by atoms with Crippen LogP contribution in [-0.2, 0) is 0 Å². The van der Waals surface area contributed by atoms with Crippen LogP contribution in [-0.4, -0.2) is 34.1 Å². The molecule has 2 N–H and O–H groups in total. The molecule has 0 aliphatic rings. The van der Waals surface area contributed by atoms with E-state index in [9.17, 15) is 10.1 Å². The van der Waals surface area contributed by atoms with Crippen LogP contribution in [0, 0.1) is 10.1 Å². The van der Waals surface area contributed by atoms with Gasteiger partial charge in [-0.1, -0.05) is 6.07 Å². The zero-order chi connectivity index (χ0) is 22.5. The lowest BCUT2D eigenvalue weighted by Gasteiger charge is -2.14. The number of methoxy groups -OCH3 is 2. The van der Waals surface area contributed by atoms with Gasteiger partial charge in [-0.05, 0) is 30.1 Å². The second kappa shape index (κ2) is 9.35. The molecule has 0 radical (unpaired) electrons. The molecular formula is C21H18N6O4S. The van der Waals surface area contributed by atoms with E-state index in [0.717, 1.165) is 0 Å². The van der Waals surface area contributed by atoms with Crippen molar-refractivity contribution < 1.29 is 14.4 Å². The third-order valence-corrected chi connectivity index (χ3v) is 5.13. The number of nitrogens with zero attached hydrogens (tertiary/aromatic N) is 4. The summed E-state index contributed by atoms with van der Waals surface area (Å²) < 4.78 is 13.8. The first-order chi connectivity index (χ1) is 15.6. The average molecular weight is 450 g/mol. The van der Waals surface area contributed by atoms with Crippen LogP contribution in [0.4, 0.5) is 23.0 Å². The zero-order valence-corrected chi connectivity index (χ0v) is 17.9. The van der Waals surface area contributed by atoms with E-state index in [4.69, 9.17) is 9.47 Å². The second-order valence-corrected chi connectivity index (χ2v) is 7.33. The molecule has 32 heavy (non-hydrogen) atoms. The summed E-state index contributed by atoms with van der Waals surface area (Å²) in [6.45, 7) is 0. The summed E-state index contributed by atoms with van der Waals surface area (Å²) in [5.41, 5.74) is 1.76. The topological polar surface area (TPSA) is 124 Å². The molecule has 0 saturated heterocycles. The highest BCUT2D eigenvalue weighted by Crippen LogP contribution is 2.32. The summed E-state index contributed by atoms with van der Waals surface area (Å²) in [7, 11) is 3.14. The van der Waals surface area contributed by atoms with Gasteiger partial charge in [-0.2, -0.15) is 0 Å². The number of ether oxygens (including phenoxy) is 2. The highest BCUT2D eigenvalue weighted by molar-refractivity contribution is 8.00. The minimum Gasteiger partial charge on any atom is -0.497 e. The number of hydrogen-bond donors (Lipinski definition) is 2. The highest BCUT2D eigenvalue weighted by atomic mass is 32.2. The number of hydrogen-bond acceptors (Lipinski definition) is 10. The van der Waals surface area contributed by atoms with Gasteiger partial charge in [0.15, 0.2) is 17.3 Å². The van der Waals surface area contributed by atoms with Crippen LogP contribution in [0.5, 0.6) is 11.5 Å². The molecule has 0 aliphatic carbocycles. The van der Waals surface area contributed by atoms with Gasteiger partial charge in [-0.25, -0.2) is 15.0 Å². The third-order valence-electron chi connectivity index (χ3n) is 4.35. The number of aromatic nitrogens is 3. The molecule has 0 amide bonds. The van der Waals surface area contributed by atoms with Crippen molar-refractivity contribution in [2.24, 2.45) is 0 Å². The van der Waals surface area contributed by atoms with Gasteiger partial charge in [0.05, 0.1) is 19.1 Å². The van der Waals surface area contributed by atoms with E-state index >= 15 is 0 Å². The minimum atomic E-state index is -0.438. The lowest BCUT2D eigenvalue weighted by atomic mass is 10.2. The van der Waals surface area contributed by atoms with Crippen LogP contribution in [0.2, 0.25) is 0 Å². The summed E-state index contributed by atoms with van der Waals surface area (Å²) in [5.74, 6) is 2.08. The molecule has 0 bridgehead atoms. The van der Waals surface area contributed by atoms with Gasteiger partial charge in [-0.3, -0.25) is 10.1 Å². The van der Waals surface area contributed by atoms with E-state index < -0.39 is 4.92 Å². The first-order valence-electron chi connectivity index (χ1n) is 9.36. The Bertz CT molecular complexity index is 1260. The van der Waals surface area contributed by atoms with Crippen molar-refractivity contribution >= 4 is 46.1 Å². The first kappa shape index (κ1) is 21.1. The number of pyridine rings is 1. The van der Waals surface area contributed by atoms with Crippen LogP contribution in [0.1, 0.15) is 0 Å². The molecule has 0 fully saturated rings. The molecule has 162 valence electrons. The van der Waals surface area contributed by atoms with Gasteiger partial charge >= 0.3 is 0 Å². The number of nitro groups is 1. The van der Waals surface area contributed by atoms with Gasteiger partial charge < -0.3 is 19.5 Å². The van der Waals surface area contributed by atoms with Crippen molar-refractivity contribution in [1.82, 2.24) is 15.0 Å². The highest BCUT2D eigenvalue weighted by Gasteiger charge is 2.13. The second-order valence-electron chi connectivity index (χ2n) is 6.45. The van der Waals surface area contributed by atoms with Crippen LogP contribution in [0.3, 0.4) is 0 Å². The van der Waals surface area contributed by atoms with E-state index in [0.29, 0.717) is 44.9 Å². The Morgan fingerprint density at radius 1 is 0.969 bits per heavy atom. The Hall–Kier alpha value is -4.12. The standard InChI is InChI=1S/C21H18N6O4S/c1-30-15-9-13(10-16(12-15)31-2)23-20-21(25-19-18(24-20)7-4-8-22-19)26-32-17-6-3-5-14(11-17)27(28)29/h3-12H,1-2H3,(H,23,24)(H,22,25,26). The third kappa shape index (κ3) is 4.78. The van der Waals surface area contributed by atoms with Crippen molar-refractivity contribution in [2.45, 2.75) is 4.90 Å². The van der Waals surface area contributed by atoms with Gasteiger partial charge in [0.2, 0.25) is 0 Å². The Morgan fingerprint density at radius 3 is 2.47 bits per heavy atom. The summed E-state index contributed by atoms with van der Waals surface area (Å²) in [4.78, 5) is 24.7. The van der Waals surface area contributed by atoms with Crippen molar-refractivity contribution in [3.63, 3.8) is 0 Å². The molecular weight excluding hydrogens is 432 g/mol. The number of fused-ring (bicyclic) bond motifs is 1. The predicted molar refractivity (Wildman–Crippen MR) is 123 cm³/mol. The van der Waals surface area contributed by atoms with Crippen molar-refractivity contribution in [3.8, 4) is 11.5 Å². The fourth-order valence-corrected chi connectivity index (χ4v) is 3.52. The Morgan fingerprint density at radius 2 is 1.75 bits per heavy atom. The van der Waals surface area contributed by atoms with Gasteiger partial charge in [0.1, 0.15) is 17.0 Å². The molecule has 0 saturated carbocycles. The quantitative estimate of drug-likeness (QED) is 0.219. The monoisotopic (exact) mass is 450 g/mol. The zero-order valence-electron chi connectivity index (χ0n) is 17.1. The van der Waals surface area contributed by atoms with Crippen molar-refractivity contribution in [2.75, 3.05) is 24.3 Å². The largest absolute Gasteiger partial charge is 0.497 e. The summed E-state index contributed by atoms with van der Waals surface area (Å²) in [6, 6.07) is 15.2. The molecule has 0 atom stereocenters. The molecule has 0 spiro atoms. The number of nitro benzene ring substituents is 1. The molecule has 4 rings (SSSR count). The maximum Gasteiger partial charge on any atom is 0.270 e. The van der Waals surface area contributed by atoms with E-state index in [1.807, 2.05) is 6.07 Å². The molecule has 11 heteroatoms. The van der Waals surface area contributed by atoms with E-state index in [2.05, 4.69) is 25.0 Å². The summed E-state index contributed by atoms with van der Waals surface area (Å²) in [5, 5.41) is 14.3. The summed E-state index contributed by atoms with van der Waals surface area (Å²) in [6.07, 6.45) is 1.63. The molecule has 10 nitrogen and oxygen atoms in total. The van der Waals surface area contributed by atoms with Crippen LogP contribution >= 0.6 is 11.9 Å². The lowest BCUT2D eigenvalue weighted by molar-refractivity contribution is -0.385. The Balaban J connectivity index is 1.68. The van der Waals surface area contributed by atoms with Crippen LogP contribution in [0.15, 0.2) is 65.7 Å². The van der Waals surface area contributed by atoms with E-state index in [1.54, 1.807) is 56.8 Å². The maximum absolute atomic E-state index is 11.1. The Kier molecular flexibility index (Phi) is 6.17. The molecule has 2 aromatic heterocycles. The number of anilines is 3. The van der Waals surface area contributed by atoms with Gasteiger partial charge in [0, 0.05) is 47.1 Å². The molecule has 2 aromatic carbocycles. The van der Waals surface area contributed by atoms with Crippen molar-refractivity contribution in [3.05, 3.63) is 70.9 Å². The van der Waals surface area contributed by atoms with Gasteiger partial charge in [-0.15, -0.1) is 0 Å². The number of nitrogens with one attached hydrogen (secondary N) is 2. The van der Waals surface area contributed by atoms with E-state index in [-0.39, 0.29) is 5.69 Å². The van der Waals surface area contributed by atoms with Gasteiger partial charge in [0.25, 0.3) is 5.69 Å². The smallest absolute Gasteiger partial charge is 0.270 e. The maximum atomic E-state index is 11.1. The first-order valence-corrected chi connectivity index (χ1v) is 10.2. The summed E-state index contributed by atoms with van der Waals surface area (Å²) >= 11 is 1.18. The SMILES string of the molecule is COc1cc(Nc2nc3cccnc3nc2NSc2cccc([N+](=O)[O-])c2)cc(OC)c1. The van der Waals surface area contributed by atoms with Crippen molar-refractivity contribution in [1.29, 1.82) is 0 Å². The number of non-ortho nitro benzene ring substituents is 1. The van der Waals surface area contributed by atoms with Crippen LogP contribution < -0.4 is 19.5 Å². The van der Waals surface area contributed by atoms with Crippen LogP contribution in [0.25, 0.3) is 11.2 Å². The molecule has 0 unspecified atom stereocenters. The predicted octanol–water partition coefficient (Wildman–Crippen LogP) is 4.81. The lowest BCUT2D eigenvalue weighted by Crippen LogP contribution is -2.03. The average Bonchev–Trinajstić information content (AvgIpc) is 2.82. The fraction of sp³-hybridized carbons (Fsp3) is 0.0952. The Labute approximate surface area is 187 Å². The number of benzene rings is 2. The number of rotatable bonds is 8. The molecule has 0 aliphatic heterocycles. The normalized spacial score (nSPS) is 10.6. The molecule has 4 aromatic rings. The molecule has 2 heterocycles. The fourth-order valence-electron chi connectivity index (χ4n) is 2.84. The minimum absolute atomic E-state index is 0.00452.